The van der Waals surface area contributed by atoms with Crippen molar-refractivity contribution in [1.29, 1.82) is 0 Å². The Morgan fingerprint density at radius 1 is 1.05 bits per heavy atom. The summed E-state index contributed by atoms with van der Waals surface area (Å²) in [6.45, 7) is 0.962. The van der Waals surface area contributed by atoms with E-state index >= 15 is 0 Å². The molecule has 0 bridgehead atoms. The van der Waals surface area contributed by atoms with Crippen LogP contribution in [0.25, 0.3) is 0 Å². The van der Waals surface area contributed by atoms with Crippen molar-refractivity contribution >= 4 is 21.8 Å². The first-order valence-corrected chi connectivity index (χ1v) is 7.23. The summed E-state index contributed by atoms with van der Waals surface area (Å²) in [5, 5.41) is 2.84. The Kier molecular flexibility index (Phi) is 5.62. The Morgan fingerprint density at radius 2 is 1.75 bits per heavy atom. The van der Waals surface area contributed by atoms with E-state index in [1.165, 1.54) is 0 Å². The summed E-state index contributed by atoms with van der Waals surface area (Å²) in [6.07, 6.45) is 0.368. The molecule has 4 heteroatoms. The van der Waals surface area contributed by atoms with E-state index in [-0.39, 0.29) is 5.91 Å². The third-order valence-corrected chi connectivity index (χ3v) is 3.52. The minimum absolute atomic E-state index is 0.00596. The summed E-state index contributed by atoms with van der Waals surface area (Å²) in [4.78, 5) is 11.8. The average molecular weight is 334 g/mol. The quantitative estimate of drug-likeness (QED) is 0.824. The topological polar surface area (TPSA) is 38.3 Å². The molecule has 2 aromatic carbocycles. The summed E-state index contributed by atoms with van der Waals surface area (Å²) in [5.74, 6) is 0.807. The lowest BCUT2D eigenvalue weighted by molar-refractivity contribution is -0.120. The molecule has 2 aromatic rings. The third-order valence-electron chi connectivity index (χ3n) is 2.75. The molecule has 0 aliphatic heterocycles. The summed E-state index contributed by atoms with van der Waals surface area (Å²) in [5.41, 5.74) is 0.981. The second-order valence-electron chi connectivity index (χ2n) is 4.28. The van der Waals surface area contributed by atoms with E-state index in [9.17, 15) is 4.79 Å². The summed E-state index contributed by atoms with van der Waals surface area (Å²) in [7, 11) is 0. The highest BCUT2D eigenvalue weighted by Crippen LogP contribution is 2.16. The average Bonchev–Trinajstić information content (AvgIpc) is 2.47. The highest BCUT2D eigenvalue weighted by atomic mass is 79.9. The van der Waals surface area contributed by atoms with Crippen LogP contribution in [0.4, 0.5) is 0 Å². The Labute approximate surface area is 127 Å². The van der Waals surface area contributed by atoms with Gasteiger partial charge in [-0.3, -0.25) is 4.79 Å². The molecular formula is C16H16BrNO2. The standard InChI is InChI=1S/C16H16BrNO2/c17-15-9-5-4-6-13(15)12-16(19)18-10-11-20-14-7-2-1-3-8-14/h1-9H,10-12H2,(H,18,19). The number of amides is 1. The van der Waals surface area contributed by atoms with E-state index in [0.717, 1.165) is 15.8 Å². The van der Waals surface area contributed by atoms with Gasteiger partial charge in [-0.1, -0.05) is 52.3 Å². The molecule has 2 rings (SSSR count). The normalized spacial score (nSPS) is 10.1. The number of halogens is 1. The predicted octanol–water partition coefficient (Wildman–Crippen LogP) is 3.19. The van der Waals surface area contributed by atoms with Crippen LogP contribution in [-0.2, 0) is 11.2 Å². The Balaban J connectivity index is 1.69. The SMILES string of the molecule is O=C(Cc1ccccc1Br)NCCOc1ccccc1. The van der Waals surface area contributed by atoms with Gasteiger partial charge in [0.25, 0.3) is 0 Å². The van der Waals surface area contributed by atoms with Crippen molar-refractivity contribution in [2.45, 2.75) is 6.42 Å². The van der Waals surface area contributed by atoms with Crippen molar-refractivity contribution in [3.8, 4) is 5.75 Å². The van der Waals surface area contributed by atoms with Crippen LogP contribution in [0, 0.1) is 0 Å². The van der Waals surface area contributed by atoms with Crippen molar-refractivity contribution in [2.24, 2.45) is 0 Å². The van der Waals surface area contributed by atoms with Crippen molar-refractivity contribution in [3.05, 3.63) is 64.6 Å². The van der Waals surface area contributed by atoms with E-state index in [0.29, 0.717) is 19.6 Å². The molecule has 1 N–H and O–H groups in total. The largest absolute Gasteiger partial charge is 0.492 e. The lowest BCUT2D eigenvalue weighted by atomic mass is 10.1. The fraction of sp³-hybridized carbons (Fsp3) is 0.188. The summed E-state index contributed by atoms with van der Waals surface area (Å²) >= 11 is 3.43. The van der Waals surface area contributed by atoms with E-state index in [4.69, 9.17) is 4.74 Å². The van der Waals surface area contributed by atoms with Crippen molar-refractivity contribution in [2.75, 3.05) is 13.2 Å². The smallest absolute Gasteiger partial charge is 0.224 e. The van der Waals surface area contributed by atoms with Gasteiger partial charge in [-0.05, 0) is 23.8 Å². The van der Waals surface area contributed by atoms with Crippen LogP contribution in [0.1, 0.15) is 5.56 Å². The zero-order valence-corrected chi connectivity index (χ0v) is 12.6. The van der Waals surface area contributed by atoms with Gasteiger partial charge < -0.3 is 10.1 Å². The maximum absolute atomic E-state index is 11.8. The first-order chi connectivity index (χ1) is 9.75. The number of rotatable bonds is 6. The van der Waals surface area contributed by atoms with Gasteiger partial charge in [-0.25, -0.2) is 0 Å². The molecule has 0 spiro atoms. The third kappa shape index (κ3) is 4.70. The van der Waals surface area contributed by atoms with E-state index in [1.54, 1.807) is 0 Å². The maximum atomic E-state index is 11.8. The molecular weight excluding hydrogens is 318 g/mol. The van der Waals surface area contributed by atoms with Gasteiger partial charge in [0, 0.05) is 4.47 Å². The summed E-state index contributed by atoms with van der Waals surface area (Å²) < 4.78 is 6.46. The van der Waals surface area contributed by atoms with Gasteiger partial charge >= 0.3 is 0 Å². The van der Waals surface area contributed by atoms with Crippen LogP contribution >= 0.6 is 15.9 Å². The number of para-hydroxylation sites is 1. The molecule has 0 atom stereocenters. The predicted molar refractivity (Wildman–Crippen MR) is 82.8 cm³/mol. The molecule has 0 aliphatic carbocycles. The molecule has 0 aromatic heterocycles. The molecule has 0 unspecified atom stereocenters. The van der Waals surface area contributed by atoms with E-state index in [1.807, 2.05) is 54.6 Å². The fourth-order valence-corrected chi connectivity index (χ4v) is 2.18. The van der Waals surface area contributed by atoms with Gasteiger partial charge in [0.15, 0.2) is 0 Å². The van der Waals surface area contributed by atoms with Crippen molar-refractivity contribution < 1.29 is 9.53 Å². The lowest BCUT2D eigenvalue weighted by Crippen LogP contribution is -2.29. The van der Waals surface area contributed by atoms with Gasteiger partial charge in [-0.15, -0.1) is 0 Å². The number of hydrogen-bond donors (Lipinski definition) is 1. The zero-order chi connectivity index (χ0) is 14.2. The minimum Gasteiger partial charge on any atom is -0.492 e. The molecule has 0 heterocycles. The van der Waals surface area contributed by atoms with E-state index in [2.05, 4.69) is 21.2 Å². The van der Waals surface area contributed by atoms with Gasteiger partial charge in [0.2, 0.25) is 5.91 Å². The summed E-state index contributed by atoms with van der Waals surface area (Å²) in [6, 6.07) is 17.3. The number of hydrogen-bond acceptors (Lipinski definition) is 2. The van der Waals surface area contributed by atoms with Crippen LogP contribution in [0.15, 0.2) is 59.1 Å². The van der Waals surface area contributed by atoms with Crippen molar-refractivity contribution in [3.63, 3.8) is 0 Å². The molecule has 0 saturated carbocycles. The Hall–Kier alpha value is -1.81. The van der Waals surface area contributed by atoms with Crippen LogP contribution < -0.4 is 10.1 Å². The molecule has 104 valence electrons. The van der Waals surface area contributed by atoms with Crippen LogP contribution in [0.2, 0.25) is 0 Å². The van der Waals surface area contributed by atoms with Gasteiger partial charge in [0.05, 0.1) is 13.0 Å². The Bertz CT molecular complexity index is 557. The van der Waals surface area contributed by atoms with Crippen LogP contribution in [0.5, 0.6) is 5.75 Å². The lowest BCUT2D eigenvalue weighted by Gasteiger charge is -2.08. The highest BCUT2D eigenvalue weighted by Gasteiger charge is 2.05. The van der Waals surface area contributed by atoms with Crippen molar-refractivity contribution in [1.82, 2.24) is 5.32 Å². The molecule has 20 heavy (non-hydrogen) atoms. The van der Waals surface area contributed by atoms with Crippen LogP contribution in [0.3, 0.4) is 0 Å². The highest BCUT2D eigenvalue weighted by molar-refractivity contribution is 9.10. The number of carbonyl (C=O) groups is 1. The minimum atomic E-state index is -0.00596. The first kappa shape index (κ1) is 14.6. The number of benzene rings is 2. The molecule has 0 saturated heterocycles. The molecule has 3 nitrogen and oxygen atoms in total. The second kappa shape index (κ2) is 7.70. The molecule has 0 radical (unpaired) electrons. The maximum Gasteiger partial charge on any atom is 0.224 e. The number of carbonyl (C=O) groups excluding carboxylic acids is 1. The van der Waals surface area contributed by atoms with Crippen LogP contribution in [-0.4, -0.2) is 19.1 Å². The van der Waals surface area contributed by atoms with E-state index < -0.39 is 0 Å². The number of nitrogens with one attached hydrogen (secondary N) is 1. The zero-order valence-electron chi connectivity index (χ0n) is 11.0. The number of ether oxygens (including phenoxy) is 1. The fourth-order valence-electron chi connectivity index (χ4n) is 1.75. The second-order valence-corrected chi connectivity index (χ2v) is 5.13. The van der Waals surface area contributed by atoms with Gasteiger partial charge in [0.1, 0.15) is 12.4 Å². The Morgan fingerprint density at radius 3 is 2.50 bits per heavy atom. The molecule has 1 amide bonds. The van der Waals surface area contributed by atoms with Gasteiger partial charge in [-0.2, -0.15) is 0 Å². The first-order valence-electron chi connectivity index (χ1n) is 6.43. The monoisotopic (exact) mass is 333 g/mol. The molecule has 0 fully saturated rings. The molecule has 0 aliphatic rings.